The Balaban J connectivity index is 2.78. The van der Waals surface area contributed by atoms with Gasteiger partial charge in [-0.05, 0) is 22.9 Å². The zero-order valence-corrected chi connectivity index (χ0v) is 9.41. The van der Waals surface area contributed by atoms with Gasteiger partial charge >= 0.3 is 12.1 Å². The number of ether oxygens (including phenoxy) is 1. The summed E-state index contributed by atoms with van der Waals surface area (Å²) >= 11 is 0. The number of methoxy groups -OCH3 is 1. The smallest absolute Gasteiger partial charge is 0.417 e. The highest BCUT2D eigenvalue weighted by Crippen LogP contribution is 2.35. The Morgan fingerprint density at radius 2 is 1.67 bits per heavy atom. The maximum absolute atomic E-state index is 12.8. The van der Waals surface area contributed by atoms with Crippen LogP contribution < -0.4 is 0 Å². The molecule has 0 spiro atoms. The van der Waals surface area contributed by atoms with Crippen LogP contribution in [0.5, 0.6) is 0 Å². The summed E-state index contributed by atoms with van der Waals surface area (Å²) in [7, 11) is 1.19. The van der Waals surface area contributed by atoms with Gasteiger partial charge in [0, 0.05) is 0 Å². The number of hydrogen-bond acceptors (Lipinski definition) is 2. The van der Waals surface area contributed by atoms with Gasteiger partial charge in [0.25, 0.3) is 0 Å². The third-order valence-corrected chi connectivity index (χ3v) is 2.63. The van der Waals surface area contributed by atoms with Crippen molar-refractivity contribution in [1.82, 2.24) is 0 Å². The van der Waals surface area contributed by atoms with E-state index in [0.29, 0.717) is 0 Å². The standard InChI is InChI=1S/C13H9F3O2/c1-18-12(17)10-6-2-5-9-8(10)4-3-7-11(9)13(14,15)16/h2-7H,1H3. The Morgan fingerprint density at radius 1 is 1.06 bits per heavy atom. The molecule has 0 amide bonds. The number of alkyl halides is 3. The van der Waals surface area contributed by atoms with Crippen LogP contribution in [0.2, 0.25) is 0 Å². The predicted octanol–water partition coefficient (Wildman–Crippen LogP) is 3.65. The summed E-state index contributed by atoms with van der Waals surface area (Å²) in [6.45, 7) is 0. The summed E-state index contributed by atoms with van der Waals surface area (Å²) in [5.74, 6) is -0.653. The third-order valence-electron chi connectivity index (χ3n) is 2.63. The molecule has 0 aliphatic rings. The minimum absolute atomic E-state index is 0.00657. The molecule has 0 aliphatic carbocycles. The van der Waals surface area contributed by atoms with Crippen molar-refractivity contribution in [3.8, 4) is 0 Å². The Bertz CT molecular complexity index is 603. The topological polar surface area (TPSA) is 26.3 Å². The van der Waals surface area contributed by atoms with Gasteiger partial charge in [0.1, 0.15) is 0 Å². The molecule has 0 bridgehead atoms. The van der Waals surface area contributed by atoms with Crippen LogP contribution in [0.25, 0.3) is 10.8 Å². The normalized spacial score (nSPS) is 11.6. The summed E-state index contributed by atoms with van der Waals surface area (Å²) < 4.78 is 43.0. The Morgan fingerprint density at radius 3 is 2.28 bits per heavy atom. The van der Waals surface area contributed by atoms with E-state index in [0.717, 1.165) is 6.07 Å². The van der Waals surface area contributed by atoms with Crippen molar-refractivity contribution in [1.29, 1.82) is 0 Å². The van der Waals surface area contributed by atoms with E-state index in [9.17, 15) is 18.0 Å². The molecule has 0 fully saturated rings. The fraction of sp³-hybridized carbons (Fsp3) is 0.154. The van der Waals surface area contributed by atoms with E-state index < -0.39 is 17.7 Å². The molecule has 0 radical (unpaired) electrons. The van der Waals surface area contributed by atoms with Gasteiger partial charge in [0.05, 0.1) is 18.2 Å². The molecule has 0 saturated heterocycles. The first-order chi connectivity index (χ1) is 8.45. The number of carbonyl (C=O) groups is 1. The zero-order chi connectivity index (χ0) is 13.3. The van der Waals surface area contributed by atoms with E-state index in [2.05, 4.69) is 4.74 Å². The molecule has 0 aromatic heterocycles. The van der Waals surface area contributed by atoms with Crippen molar-refractivity contribution in [3.05, 3.63) is 47.5 Å². The molecule has 2 aromatic carbocycles. The van der Waals surface area contributed by atoms with Gasteiger partial charge in [-0.3, -0.25) is 0 Å². The molecule has 94 valence electrons. The Kier molecular flexibility index (Phi) is 2.98. The van der Waals surface area contributed by atoms with Crippen LogP contribution in [-0.2, 0) is 10.9 Å². The van der Waals surface area contributed by atoms with E-state index in [4.69, 9.17) is 0 Å². The summed E-state index contributed by atoms with van der Waals surface area (Å²) in [5, 5.41) is 0.229. The van der Waals surface area contributed by atoms with Crippen LogP contribution in [0.3, 0.4) is 0 Å². The van der Waals surface area contributed by atoms with Crippen molar-refractivity contribution in [3.63, 3.8) is 0 Å². The maximum Gasteiger partial charge on any atom is 0.417 e. The van der Waals surface area contributed by atoms with Crippen molar-refractivity contribution >= 4 is 16.7 Å². The molecular formula is C13H9F3O2. The molecule has 0 atom stereocenters. The molecule has 0 N–H and O–H groups in total. The lowest BCUT2D eigenvalue weighted by atomic mass is 10.00. The van der Waals surface area contributed by atoms with Crippen LogP contribution in [0.15, 0.2) is 36.4 Å². The molecule has 0 unspecified atom stereocenters. The van der Waals surface area contributed by atoms with Crippen LogP contribution in [0.1, 0.15) is 15.9 Å². The summed E-state index contributed by atoms with van der Waals surface area (Å²) in [6.07, 6.45) is -4.45. The van der Waals surface area contributed by atoms with Crippen LogP contribution in [0, 0.1) is 0 Å². The van der Waals surface area contributed by atoms with Crippen LogP contribution in [0.4, 0.5) is 13.2 Å². The molecule has 18 heavy (non-hydrogen) atoms. The van der Waals surface area contributed by atoms with Gasteiger partial charge in [-0.25, -0.2) is 4.79 Å². The van der Waals surface area contributed by atoms with Gasteiger partial charge in [0.2, 0.25) is 0 Å². The van der Waals surface area contributed by atoms with Gasteiger partial charge in [-0.2, -0.15) is 13.2 Å². The fourth-order valence-corrected chi connectivity index (χ4v) is 1.85. The minimum Gasteiger partial charge on any atom is -0.465 e. The second kappa shape index (κ2) is 4.33. The number of benzene rings is 2. The lowest BCUT2D eigenvalue weighted by Crippen LogP contribution is -2.07. The molecular weight excluding hydrogens is 245 g/mol. The summed E-state index contributed by atoms with van der Waals surface area (Å²) in [6, 6.07) is 7.92. The van der Waals surface area contributed by atoms with E-state index in [1.807, 2.05) is 0 Å². The molecule has 0 saturated carbocycles. The maximum atomic E-state index is 12.8. The SMILES string of the molecule is COC(=O)c1cccc2c(C(F)(F)F)cccc12. The highest BCUT2D eigenvalue weighted by molar-refractivity contribution is 6.05. The Hall–Kier alpha value is -2.04. The first-order valence-electron chi connectivity index (χ1n) is 5.12. The van der Waals surface area contributed by atoms with E-state index in [1.54, 1.807) is 0 Å². The first kappa shape index (κ1) is 12.4. The molecule has 2 aromatic rings. The van der Waals surface area contributed by atoms with Crippen LogP contribution >= 0.6 is 0 Å². The lowest BCUT2D eigenvalue weighted by Gasteiger charge is -2.11. The fourth-order valence-electron chi connectivity index (χ4n) is 1.85. The molecule has 2 rings (SSSR count). The number of esters is 1. The average Bonchev–Trinajstić information content (AvgIpc) is 2.35. The van der Waals surface area contributed by atoms with Gasteiger partial charge in [-0.1, -0.05) is 24.3 Å². The third kappa shape index (κ3) is 2.03. The number of fused-ring (bicyclic) bond motifs is 1. The number of rotatable bonds is 1. The van der Waals surface area contributed by atoms with Gasteiger partial charge in [-0.15, -0.1) is 0 Å². The highest BCUT2D eigenvalue weighted by atomic mass is 19.4. The zero-order valence-electron chi connectivity index (χ0n) is 9.41. The average molecular weight is 254 g/mol. The van der Waals surface area contributed by atoms with E-state index >= 15 is 0 Å². The van der Waals surface area contributed by atoms with E-state index in [1.165, 1.54) is 37.4 Å². The van der Waals surface area contributed by atoms with Gasteiger partial charge in [0.15, 0.2) is 0 Å². The second-order valence-electron chi connectivity index (χ2n) is 3.70. The highest BCUT2D eigenvalue weighted by Gasteiger charge is 2.32. The monoisotopic (exact) mass is 254 g/mol. The van der Waals surface area contributed by atoms with Crippen molar-refractivity contribution in [2.24, 2.45) is 0 Å². The van der Waals surface area contributed by atoms with Crippen molar-refractivity contribution < 1.29 is 22.7 Å². The van der Waals surface area contributed by atoms with Crippen LogP contribution in [-0.4, -0.2) is 13.1 Å². The summed E-state index contributed by atoms with van der Waals surface area (Å²) in [5.41, 5.74) is -0.633. The quantitative estimate of drug-likeness (QED) is 0.726. The molecule has 0 aliphatic heterocycles. The number of carbonyl (C=O) groups excluding carboxylic acids is 1. The predicted molar refractivity (Wildman–Crippen MR) is 60.3 cm³/mol. The molecule has 5 heteroatoms. The first-order valence-corrected chi connectivity index (χ1v) is 5.12. The van der Waals surface area contributed by atoms with E-state index in [-0.39, 0.29) is 16.3 Å². The van der Waals surface area contributed by atoms with Crippen molar-refractivity contribution in [2.45, 2.75) is 6.18 Å². The molecule has 0 heterocycles. The van der Waals surface area contributed by atoms with Gasteiger partial charge < -0.3 is 4.74 Å². The lowest BCUT2D eigenvalue weighted by molar-refractivity contribution is -0.136. The molecule has 2 nitrogen and oxygen atoms in total. The largest absolute Gasteiger partial charge is 0.465 e. The number of halogens is 3. The Labute approximate surface area is 101 Å². The number of hydrogen-bond donors (Lipinski definition) is 0. The second-order valence-corrected chi connectivity index (χ2v) is 3.70. The van der Waals surface area contributed by atoms with Crippen molar-refractivity contribution in [2.75, 3.05) is 7.11 Å². The summed E-state index contributed by atoms with van der Waals surface area (Å²) in [4.78, 5) is 11.5. The minimum atomic E-state index is -4.45.